The van der Waals surface area contributed by atoms with E-state index >= 15 is 0 Å². The molecule has 0 aliphatic heterocycles. The summed E-state index contributed by atoms with van der Waals surface area (Å²) < 4.78 is 5.01. The maximum Gasteiger partial charge on any atom is 0.230 e. The molecule has 94 valence electrons. The summed E-state index contributed by atoms with van der Waals surface area (Å²) in [7, 11) is 0. The molecule has 0 spiro atoms. The van der Waals surface area contributed by atoms with Crippen LogP contribution in [0.15, 0.2) is 4.42 Å². The van der Waals surface area contributed by atoms with Gasteiger partial charge in [0.1, 0.15) is 0 Å². The Balaban J connectivity index is 0. The maximum absolute atomic E-state index is 9.58. The Labute approximate surface area is 96.6 Å². The Morgan fingerprint density at radius 2 is 1.81 bits per heavy atom. The van der Waals surface area contributed by atoms with Gasteiger partial charge in [-0.1, -0.05) is 27.2 Å². The minimum Gasteiger partial charge on any atom is -0.426 e. The smallest absolute Gasteiger partial charge is 0.230 e. The standard InChI is InChI=1S/C5H8N2O.C3H8.C2H6N2O/c1-3-5-7-6-4(2)8-5;1-3-2;1-2(5)4-3/h3H2,1-2H3;3H2,1-2H3;3H2,1H3,(H,4,5). The molecule has 0 radical (unpaired) electrons. The third kappa shape index (κ3) is 12.6. The SMILES string of the molecule is CC(=O)NN.CCC.CCc1nnc(C)o1. The van der Waals surface area contributed by atoms with Crippen LogP contribution in [-0.4, -0.2) is 16.1 Å². The third-order valence-electron chi connectivity index (χ3n) is 1.07. The normalized spacial score (nSPS) is 8.12. The van der Waals surface area contributed by atoms with Crippen molar-refractivity contribution < 1.29 is 9.21 Å². The lowest BCUT2D eigenvalue weighted by Crippen LogP contribution is -2.26. The van der Waals surface area contributed by atoms with E-state index in [-0.39, 0.29) is 5.91 Å². The van der Waals surface area contributed by atoms with E-state index in [1.807, 2.05) is 12.3 Å². The van der Waals surface area contributed by atoms with E-state index < -0.39 is 0 Å². The van der Waals surface area contributed by atoms with Crippen molar-refractivity contribution in [2.24, 2.45) is 5.84 Å². The lowest BCUT2D eigenvalue weighted by Gasteiger charge is -1.80. The van der Waals surface area contributed by atoms with E-state index in [4.69, 9.17) is 4.42 Å². The van der Waals surface area contributed by atoms with Gasteiger partial charge in [0.25, 0.3) is 0 Å². The Bertz CT molecular complexity index is 274. The molecule has 1 rings (SSSR count). The number of nitrogens with one attached hydrogen (secondary N) is 1. The summed E-state index contributed by atoms with van der Waals surface area (Å²) in [5.74, 6) is 5.71. The molecule has 0 saturated carbocycles. The molecule has 1 aromatic heterocycles. The number of nitrogens with two attached hydrogens (primary N) is 1. The number of hydrazine groups is 1. The van der Waals surface area contributed by atoms with Gasteiger partial charge in [-0.2, -0.15) is 0 Å². The Morgan fingerprint density at radius 1 is 1.38 bits per heavy atom. The number of aryl methyl sites for hydroxylation is 2. The van der Waals surface area contributed by atoms with Crippen LogP contribution in [0.1, 0.15) is 45.9 Å². The second-order valence-corrected chi connectivity index (χ2v) is 2.98. The van der Waals surface area contributed by atoms with E-state index in [0.29, 0.717) is 11.8 Å². The molecule has 0 aliphatic rings. The summed E-state index contributed by atoms with van der Waals surface area (Å²) >= 11 is 0. The van der Waals surface area contributed by atoms with Crippen LogP contribution in [0.4, 0.5) is 0 Å². The average Bonchev–Trinajstić information content (AvgIpc) is 2.66. The lowest BCUT2D eigenvalue weighted by molar-refractivity contribution is -0.119. The minimum absolute atomic E-state index is 0.218. The highest BCUT2D eigenvalue weighted by molar-refractivity contribution is 5.71. The second kappa shape index (κ2) is 11.6. The van der Waals surface area contributed by atoms with Gasteiger partial charge in [0, 0.05) is 20.3 Å². The molecular weight excluding hydrogens is 208 g/mol. The summed E-state index contributed by atoms with van der Waals surface area (Å²) in [6.45, 7) is 9.36. The highest BCUT2D eigenvalue weighted by atomic mass is 16.4. The highest BCUT2D eigenvalue weighted by Crippen LogP contribution is 1.96. The van der Waals surface area contributed by atoms with Gasteiger partial charge < -0.3 is 4.42 Å². The predicted octanol–water partition coefficient (Wildman–Crippen LogP) is 1.35. The van der Waals surface area contributed by atoms with Crippen molar-refractivity contribution in [1.82, 2.24) is 15.6 Å². The molecule has 6 nitrogen and oxygen atoms in total. The largest absolute Gasteiger partial charge is 0.426 e. The van der Waals surface area contributed by atoms with E-state index in [9.17, 15) is 4.79 Å². The van der Waals surface area contributed by atoms with Crippen LogP contribution in [0.3, 0.4) is 0 Å². The first-order valence-electron chi connectivity index (χ1n) is 5.27. The Kier molecular flexibility index (Phi) is 12.4. The Hall–Kier alpha value is -1.43. The number of hydrogen-bond acceptors (Lipinski definition) is 5. The summed E-state index contributed by atoms with van der Waals surface area (Å²) in [5.41, 5.74) is 1.89. The topological polar surface area (TPSA) is 94.0 Å². The molecule has 0 atom stereocenters. The van der Waals surface area contributed by atoms with Crippen LogP contribution in [0.25, 0.3) is 0 Å². The second-order valence-electron chi connectivity index (χ2n) is 2.98. The molecule has 0 unspecified atom stereocenters. The van der Waals surface area contributed by atoms with Gasteiger partial charge in [0.15, 0.2) is 0 Å². The van der Waals surface area contributed by atoms with Crippen molar-refractivity contribution >= 4 is 5.91 Å². The lowest BCUT2D eigenvalue weighted by atomic mass is 10.5. The van der Waals surface area contributed by atoms with Crippen LogP contribution < -0.4 is 11.3 Å². The van der Waals surface area contributed by atoms with Crippen LogP contribution in [0.5, 0.6) is 0 Å². The first kappa shape index (κ1) is 17.0. The fourth-order valence-electron chi connectivity index (χ4n) is 0.480. The van der Waals surface area contributed by atoms with Crippen LogP contribution in [0, 0.1) is 6.92 Å². The van der Waals surface area contributed by atoms with Gasteiger partial charge in [0.05, 0.1) is 0 Å². The van der Waals surface area contributed by atoms with Crippen molar-refractivity contribution in [2.75, 3.05) is 0 Å². The van der Waals surface area contributed by atoms with Crippen molar-refractivity contribution in [3.8, 4) is 0 Å². The fourth-order valence-corrected chi connectivity index (χ4v) is 0.480. The number of hydrogen-bond donors (Lipinski definition) is 2. The zero-order valence-electron chi connectivity index (χ0n) is 10.7. The molecule has 1 amide bonds. The van der Waals surface area contributed by atoms with Crippen LogP contribution in [-0.2, 0) is 11.2 Å². The molecule has 0 bridgehead atoms. The molecule has 1 aromatic rings. The summed E-state index contributed by atoms with van der Waals surface area (Å²) in [6, 6.07) is 0. The molecule has 16 heavy (non-hydrogen) atoms. The third-order valence-corrected chi connectivity index (χ3v) is 1.07. The van der Waals surface area contributed by atoms with E-state index in [0.717, 1.165) is 6.42 Å². The van der Waals surface area contributed by atoms with Gasteiger partial charge in [-0.05, 0) is 0 Å². The van der Waals surface area contributed by atoms with Crippen LogP contribution >= 0.6 is 0 Å². The number of amides is 1. The predicted molar refractivity (Wildman–Crippen MR) is 62.4 cm³/mol. The maximum atomic E-state index is 9.58. The molecule has 1 heterocycles. The minimum atomic E-state index is -0.218. The highest BCUT2D eigenvalue weighted by Gasteiger charge is 1.94. The number of carbonyl (C=O) groups excluding carboxylic acids is 1. The Morgan fingerprint density at radius 3 is 1.94 bits per heavy atom. The van der Waals surface area contributed by atoms with E-state index in [1.54, 1.807) is 6.92 Å². The van der Waals surface area contributed by atoms with Crippen molar-refractivity contribution in [2.45, 2.75) is 47.5 Å². The first-order valence-corrected chi connectivity index (χ1v) is 5.27. The summed E-state index contributed by atoms with van der Waals surface area (Å²) in [6.07, 6.45) is 2.07. The fraction of sp³-hybridized carbons (Fsp3) is 0.700. The molecule has 6 heteroatoms. The van der Waals surface area contributed by atoms with Crippen molar-refractivity contribution in [3.63, 3.8) is 0 Å². The van der Waals surface area contributed by atoms with Gasteiger partial charge in [0.2, 0.25) is 17.7 Å². The summed E-state index contributed by atoms with van der Waals surface area (Å²) in [4.78, 5) is 9.58. The van der Waals surface area contributed by atoms with Gasteiger partial charge in [-0.15, -0.1) is 10.2 Å². The van der Waals surface area contributed by atoms with E-state index in [2.05, 4.69) is 29.9 Å². The number of nitrogens with zero attached hydrogens (tertiary/aromatic N) is 2. The van der Waals surface area contributed by atoms with Gasteiger partial charge >= 0.3 is 0 Å². The molecule has 3 N–H and O–H groups in total. The van der Waals surface area contributed by atoms with Crippen molar-refractivity contribution in [3.05, 3.63) is 11.8 Å². The quantitative estimate of drug-likeness (QED) is 0.431. The van der Waals surface area contributed by atoms with E-state index in [1.165, 1.54) is 13.3 Å². The van der Waals surface area contributed by atoms with Gasteiger partial charge in [-0.3, -0.25) is 10.2 Å². The molecule has 0 aromatic carbocycles. The molecule has 0 fully saturated rings. The molecular formula is C10H22N4O2. The average molecular weight is 230 g/mol. The monoisotopic (exact) mass is 230 g/mol. The number of rotatable bonds is 1. The van der Waals surface area contributed by atoms with Gasteiger partial charge in [-0.25, -0.2) is 5.84 Å². The zero-order chi connectivity index (χ0) is 13.0. The number of carbonyl (C=O) groups is 1. The van der Waals surface area contributed by atoms with Crippen LogP contribution in [0.2, 0.25) is 0 Å². The molecule has 0 aliphatic carbocycles. The number of aromatic nitrogens is 2. The first-order chi connectivity index (χ1) is 7.51. The summed E-state index contributed by atoms with van der Waals surface area (Å²) in [5, 5.41) is 7.39. The molecule has 0 saturated heterocycles. The zero-order valence-corrected chi connectivity index (χ0v) is 10.7. The van der Waals surface area contributed by atoms with Crippen molar-refractivity contribution in [1.29, 1.82) is 0 Å².